The highest BCUT2D eigenvalue weighted by Crippen LogP contribution is 2.25. The molecule has 1 aromatic heterocycles. The minimum absolute atomic E-state index is 0.0891. The van der Waals surface area contributed by atoms with E-state index >= 15 is 0 Å². The van der Waals surface area contributed by atoms with E-state index in [-0.39, 0.29) is 12.3 Å². The molecule has 0 aromatic carbocycles. The molecule has 1 heterocycles. The van der Waals surface area contributed by atoms with Gasteiger partial charge in [-0.05, 0) is 6.07 Å². The summed E-state index contributed by atoms with van der Waals surface area (Å²) in [6, 6.07) is 1.32. The number of halogens is 3. The second-order valence-electron chi connectivity index (χ2n) is 2.66. The zero-order valence-electron chi connectivity index (χ0n) is 7.17. The maximum Gasteiger partial charge on any atom is 0.282 e. The summed E-state index contributed by atoms with van der Waals surface area (Å²) in [4.78, 5) is 3.68. The van der Waals surface area contributed by atoms with Crippen molar-refractivity contribution < 1.29 is 13.9 Å². The van der Waals surface area contributed by atoms with Gasteiger partial charge in [0.1, 0.15) is 5.69 Å². The third kappa shape index (κ3) is 2.19. The molecular weight excluding hydrogens is 258 g/mol. The molecule has 1 aromatic rings. The summed E-state index contributed by atoms with van der Waals surface area (Å²) in [7, 11) is 0. The number of rotatable bonds is 3. The lowest BCUT2D eigenvalue weighted by Crippen LogP contribution is -2.05. The van der Waals surface area contributed by atoms with E-state index in [1.54, 1.807) is 0 Å². The summed E-state index contributed by atoms with van der Waals surface area (Å²) >= 11 is 3.10. The Labute approximate surface area is 88.1 Å². The first-order valence-corrected chi connectivity index (χ1v) is 4.95. The standard InChI is InChI=1S/C8H9BrF2N2O/c9-2-6-4(3-14)1-5(12)7(13-6)8(10)11/h1,8,14H,2-3,12H2. The Morgan fingerprint density at radius 2 is 2.21 bits per heavy atom. The number of pyridine rings is 1. The van der Waals surface area contributed by atoms with Crippen molar-refractivity contribution in [2.75, 3.05) is 5.73 Å². The molecule has 3 nitrogen and oxygen atoms in total. The molecule has 6 heteroatoms. The normalized spacial score (nSPS) is 10.9. The summed E-state index contributed by atoms with van der Waals surface area (Å²) in [6.45, 7) is -0.262. The van der Waals surface area contributed by atoms with Gasteiger partial charge in [-0.2, -0.15) is 0 Å². The van der Waals surface area contributed by atoms with Gasteiger partial charge in [0.15, 0.2) is 0 Å². The van der Waals surface area contributed by atoms with Gasteiger partial charge in [0, 0.05) is 10.9 Å². The molecule has 0 saturated carbocycles. The number of alkyl halides is 3. The Bertz CT molecular complexity index is 333. The average Bonchev–Trinajstić information content (AvgIpc) is 2.16. The van der Waals surface area contributed by atoms with Gasteiger partial charge in [0.05, 0.1) is 18.0 Å². The van der Waals surface area contributed by atoms with Gasteiger partial charge in [-0.3, -0.25) is 0 Å². The smallest absolute Gasteiger partial charge is 0.282 e. The summed E-state index contributed by atoms with van der Waals surface area (Å²) in [5.41, 5.74) is 5.68. The third-order valence-corrected chi connectivity index (χ3v) is 2.29. The van der Waals surface area contributed by atoms with E-state index in [1.807, 2.05) is 0 Å². The van der Waals surface area contributed by atoms with E-state index < -0.39 is 12.1 Å². The molecule has 0 aliphatic rings. The zero-order valence-corrected chi connectivity index (χ0v) is 8.76. The molecule has 0 atom stereocenters. The average molecular weight is 267 g/mol. The van der Waals surface area contributed by atoms with E-state index in [9.17, 15) is 8.78 Å². The zero-order chi connectivity index (χ0) is 10.7. The molecule has 78 valence electrons. The van der Waals surface area contributed by atoms with E-state index in [0.717, 1.165) is 0 Å². The van der Waals surface area contributed by atoms with Crippen molar-refractivity contribution in [1.29, 1.82) is 0 Å². The lowest BCUT2D eigenvalue weighted by atomic mass is 10.1. The minimum Gasteiger partial charge on any atom is -0.397 e. The fraction of sp³-hybridized carbons (Fsp3) is 0.375. The first kappa shape index (κ1) is 11.3. The van der Waals surface area contributed by atoms with Crippen LogP contribution in [0.1, 0.15) is 23.4 Å². The van der Waals surface area contributed by atoms with E-state index in [2.05, 4.69) is 20.9 Å². The van der Waals surface area contributed by atoms with Crippen LogP contribution >= 0.6 is 15.9 Å². The van der Waals surface area contributed by atoms with Crippen molar-refractivity contribution in [1.82, 2.24) is 4.98 Å². The van der Waals surface area contributed by atoms with Crippen molar-refractivity contribution in [3.8, 4) is 0 Å². The van der Waals surface area contributed by atoms with Crippen LogP contribution in [0, 0.1) is 0 Å². The molecule has 0 fully saturated rings. The van der Waals surface area contributed by atoms with Gasteiger partial charge in [-0.1, -0.05) is 15.9 Å². The van der Waals surface area contributed by atoms with Crippen molar-refractivity contribution in [3.05, 3.63) is 23.0 Å². The Hall–Kier alpha value is -0.750. The second kappa shape index (κ2) is 4.65. The van der Waals surface area contributed by atoms with Gasteiger partial charge in [-0.25, -0.2) is 13.8 Å². The quantitative estimate of drug-likeness (QED) is 0.823. The molecule has 1 rings (SSSR count). The van der Waals surface area contributed by atoms with Gasteiger partial charge in [0.25, 0.3) is 6.43 Å². The van der Waals surface area contributed by atoms with Gasteiger partial charge in [-0.15, -0.1) is 0 Å². The predicted octanol–water partition coefficient (Wildman–Crippen LogP) is 1.99. The molecule has 3 N–H and O–H groups in total. The lowest BCUT2D eigenvalue weighted by molar-refractivity contribution is 0.146. The van der Waals surface area contributed by atoms with Crippen molar-refractivity contribution in [2.45, 2.75) is 18.4 Å². The van der Waals surface area contributed by atoms with E-state index in [1.165, 1.54) is 6.07 Å². The number of hydrogen-bond donors (Lipinski definition) is 2. The van der Waals surface area contributed by atoms with Gasteiger partial charge in [0.2, 0.25) is 0 Å². The van der Waals surface area contributed by atoms with Gasteiger partial charge >= 0.3 is 0 Å². The molecule has 0 spiro atoms. The highest BCUT2D eigenvalue weighted by Gasteiger charge is 2.16. The minimum atomic E-state index is -2.69. The summed E-state index contributed by atoms with van der Waals surface area (Å²) in [5, 5.41) is 9.21. The molecule has 0 bridgehead atoms. The van der Waals surface area contributed by atoms with Crippen LogP contribution in [0.2, 0.25) is 0 Å². The number of nitrogens with two attached hydrogens (primary N) is 1. The number of aromatic nitrogens is 1. The number of hydrogen-bond acceptors (Lipinski definition) is 3. The number of nitrogen functional groups attached to an aromatic ring is 1. The monoisotopic (exact) mass is 266 g/mol. The molecular formula is C8H9BrF2N2O. The van der Waals surface area contributed by atoms with Crippen molar-refractivity contribution >= 4 is 21.6 Å². The van der Waals surface area contributed by atoms with Crippen LogP contribution in [0.5, 0.6) is 0 Å². The molecule has 0 saturated heterocycles. The number of anilines is 1. The predicted molar refractivity (Wildman–Crippen MR) is 52.2 cm³/mol. The van der Waals surface area contributed by atoms with Crippen LogP contribution < -0.4 is 5.73 Å². The molecule has 0 aliphatic carbocycles. The summed E-state index contributed by atoms with van der Waals surface area (Å²) < 4.78 is 24.7. The third-order valence-electron chi connectivity index (χ3n) is 1.76. The van der Waals surface area contributed by atoms with E-state index in [0.29, 0.717) is 16.6 Å². The molecule has 0 amide bonds. The maximum atomic E-state index is 12.4. The first-order chi connectivity index (χ1) is 6.60. The largest absolute Gasteiger partial charge is 0.397 e. The second-order valence-corrected chi connectivity index (χ2v) is 3.22. The first-order valence-electron chi connectivity index (χ1n) is 3.83. The van der Waals surface area contributed by atoms with Gasteiger partial charge < -0.3 is 10.8 Å². The highest BCUT2D eigenvalue weighted by atomic mass is 79.9. The van der Waals surface area contributed by atoms with Crippen LogP contribution in [-0.4, -0.2) is 10.1 Å². The number of nitrogens with zero attached hydrogens (tertiary/aromatic N) is 1. The number of aliphatic hydroxyl groups excluding tert-OH is 1. The summed E-state index contributed by atoms with van der Waals surface area (Å²) in [6.07, 6.45) is -2.69. The van der Waals surface area contributed by atoms with Crippen molar-refractivity contribution in [2.24, 2.45) is 0 Å². The Morgan fingerprint density at radius 3 is 2.64 bits per heavy atom. The number of aliphatic hydroxyl groups is 1. The lowest BCUT2D eigenvalue weighted by Gasteiger charge is -2.09. The van der Waals surface area contributed by atoms with Crippen LogP contribution in [-0.2, 0) is 11.9 Å². The Kier molecular flexibility index (Phi) is 3.77. The summed E-state index contributed by atoms with van der Waals surface area (Å²) in [5.74, 6) is 0. The molecule has 0 unspecified atom stereocenters. The van der Waals surface area contributed by atoms with Crippen molar-refractivity contribution in [3.63, 3.8) is 0 Å². The molecule has 14 heavy (non-hydrogen) atoms. The van der Waals surface area contributed by atoms with Crippen LogP contribution in [0.25, 0.3) is 0 Å². The molecule has 0 aliphatic heterocycles. The van der Waals surface area contributed by atoms with Crippen LogP contribution in [0.3, 0.4) is 0 Å². The Morgan fingerprint density at radius 1 is 1.57 bits per heavy atom. The highest BCUT2D eigenvalue weighted by molar-refractivity contribution is 9.08. The maximum absolute atomic E-state index is 12.4. The topological polar surface area (TPSA) is 59.1 Å². The molecule has 0 radical (unpaired) electrons. The van der Waals surface area contributed by atoms with E-state index in [4.69, 9.17) is 10.8 Å². The Balaban J connectivity index is 3.23. The SMILES string of the molecule is Nc1cc(CO)c(CBr)nc1C(F)F. The fourth-order valence-electron chi connectivity index (χ4n) is 1.05. The van der Waals surface area contributed by atoms with Crippen LogP contribution in [0.4, 0.5) is 14.5 Å². The van der Waals surface area contributed by atoms with Crippen LogP contribution in [0.15, 0.2) is 6.07 Å². The fourth-order valence-corrected chi connectivity index (χ4v) is 1.54.